The zero-order valence-electron chi connectivity index (χ0n) is 13.4. The molecule has 2 N–H and O–H groups in total. The van der Waals surface area contributed by atoms with Gasteiger partial charge in [-0.1, -0.05) is 19.1 Å². The van der Waals surface area contributed by atoms with Crippen LogP contribution in [0.25, 0.3) is 0 Å². The lowest BCUT2D eigenvalue weighted by atomic mass is 10.1. The molecular formula is C17H29N3O. The van der Waals surface area contributed by atoms with Crippen LogP contribution in [-0.2, 0) is 6.54 Å². The Labute approximate surface area is 128 Å². The molecule has 0 saturated carbocycles. The Hall–Kier alpha value is -1.10. The number of nitrogens with two attached hydrogens (primary N) is 1. The highest BCUT2D eigenvalue weighted by Gasteiger charge is 2.22. The van der Waals surface area contributed by atoms with Crippen molar-refractivity contribution in [1.29, 1.82) is 0 Å². The molecule has 1 saturated heterocycles. The highest BCUT2D eigenvalue weighted by Crippen LogP contribution is 2.16. The van der Waals surface area contributed by atoms with E-state index in [2.05, 4.69) is 28.9 Å². The Bertz CT molecular complexity index is 399. The predicted molar refractivity (Wildman–Crippen MR) is 87.6 cm³/mol. The molecule has 2 rings (SSSR count). The van der Waals surface area contributed by atoms with Crippen LogP contribution in [0.5, 0.6) is 5.75 Å². The third kappa shape index (κ3) is 4.70. The van der Waals surface area contributed by atoms with Crippen LogP contribution in [0.1, 0.15) is 25.3 Å². The van der Waals surface area contributed by atoms with Gasteiger partial charge in [0, 0.05) is 38.8 Å². The number of nitrogens with zero attached hydrogens (tertiary/aromatic N) is 2. The van der Waals surface area contributed by atoms with Crippen molar-refractivity contribution in [2.75, 3.05) is 39.8 Å². The van der Waals surface area contributed by atoms with Crippen LogP contribution in [0.3, 0.4) is 0 Å². The highest BCUT2D eigenvalue weighted by molar-refractivity contribution is 5.27. The fraction of sp³-hybridized carbons (Fsp3) is 0.647. The van der Waals surface area contributed by atoms with Gasteiger partial charge >= 0.3 is 0 Å². The fourth-order valence-corrected chi connectivity index (χ4v) is 3.11. The van der Waals surface area contributed by atoms with Crippen molar-refractivity contribution in [2.24, 2.45) is 5.73 Å². The quantitative estimate of drug-likeness (QED) is 0.833. The Balaban J connectivity index is 1.80. The number of rotatable bonds is 7. The van der Waals surface area contributed by atoms with E-state index >= 15 is 0 Å². The first-order chi connectivity index (χ1) is 10.3. The van der Waals surface area contributed by atoms with E-state index in [0.717, 1.165) is 51.4 Å². The smallest absolute Gasteiger partial charge is 0.118 e. The predicted octanol–water partition coefficient (Wildman–Crippen LogP) is 1.94. The van der Waals surface area contributed by atoms with Gasteiger partial charge in [0.25, 0.3) is 0 Å². The topological polar surface area (TPSA) is 41.7 Å². The van der Waals surface area contributed by atoms with E-state index in [1.54, 1.807) is 7.11 Å². The Morgan fingerprint density at radius 1 is 1.14 bits per heavy atom. The minimum absolute atomic E-state index is 0.665. The van der Waals surface area contributed by atoms with Gasteiger partial charge in [-0.05, 0) is 37.1 Å². The van der Waals surface area contributed by atoms with Crippen molar-refractivity contribution in [3.8, 4) is 5.75 Å². The molecule has 0 amide bonds. The van der Waals surface area contributed by atoms with Gasteiger partial charge in [0.1, 0.15) is 5.75 Å². The first-order valence-electron chi connectivity index (χ1n) is 8.06. The largest absolute Gasteiger partial charge is 0.497 e. The van der Waals surface area contributed by atoms with Crippen LogP contribution >= 0.6 is 0 Å². The molecule has 4 nitrogen and oxygen atoms in total. The van der Waals surface area contributed by atoms with E-state index in [1.807, 2.05) is 12.1 Å². The van der Waals surface area contributed by atoms with Gasteiger partial charge in [0.05, 0.1) is 7.11 Å². The number of piperazine rings is 1. The number of hydrogen-bond acceptors (Lipinski definition) is 4. The van der Waals surface area contributed by atoms with E-state index in [0.29, 0.717) is 6.04 Å². The lowest BCUT2D eigenvalue weighted by Gasteiger charge is -2.39. The van der Waals surface area contributed by atoms with Crippen molar-refractivity contribution < 1.29 is 4.74 Å². The molecule has 118 valence electrons. The SMILES string of the molecule is CCC(CCN)N1CCN(Cc2ccc(OC)cc2)CC1. The van der Waals surface area contributed by atoms with Gasteiger partial charge in [0.15, 0.2) is 0 Å². The van der Waals surface area contributed by atoms with Crippen molar-refractivity contribution in [3.63, 3.8) is 0 Å². The van der Waals surface area contributed by atoms with Crippen LogP contribution in [-0.4, -0.2) is 55.7 Å². The van der Waals surface area contributed by atoms with Gasteiger partial charge in [-0.25, -0.2) is 0 Å². The minimum atomic E-state index is 0.665. The van der Waals surface area contributed by atoms with Gasteiger partial charge in [0.2, 0.25) is 0 Å². The molecule has 0 aliphatic carbocycles. The summed E-state index contributed by atoms with van der Waals surface area (Å²) in [6.45, 7) is 8.71. The molecule has 1 heterocycles. The zero-order valence-corrected chi connectivity index (χ0v) is 13.4. The van der Waals surface area contributed by atoms with E-state index < -0.39 is 0 Å². The van der Waals surface area contributed by atoms with Gasteiger partial charge < -0.3 is 10.5 Å². The molecule has 1 unspecified atom stereocenters. The van der Waals surface area contributed by atoms with Crippen LogP contribution in [0.15, 0.2) is 24.3 Å². The maximum absolute atomic E-state index is 5.72. The molecule has 1 aliphatic rings. The molecule has 21 heavy (non-hydrogen) atoms. The molecule has 1 aliphatic heterocycles. The summed E-state index contributed by atoms with van der Waals surface area (Å²) < 4.78 is 5.20. The Morgan fingerprint density at radius 3 is 2.33 bits per heavy atom. The molecule has 1 atom stereocenters. The second-order valence-corrected chi connectivity index (χ2v) is 5.80. The van der Waals surface area contributed by atoms with Crippen LogP contribution < -0.4 is 10.5 Å². The molecule has 4 heteroatoms. The summed E-state index contributed by atoms with van der Waals surface area (Å²) in [7, 11) is 1.71. The lowest BCUT2D eigenvalue weighted by molar-refractivity contribution is 0.0871. The Morgan fingerprint density at radius 2 is 1.81 bits per heavy atom. The zero-order chi connectivity index (χ0) is 15.1. The van der Waals surface area contributed by atoms with E-state index in [4.69, 9.17) is 10.5 Å². The van der Waals surface area contributed by atoms with Crippen molar-refractivity contribution in [1.82, 2.24) is 9.80 Å². The summed E-state index contributed by atoms with van der Waals surface area (Å²) in [6.07, 6.45) is 2.32. The highest BCUT2D eigenvalue weighted by atomic mass is 16.5. The summed E-state index contributed by atoms with van der Waals surface area (Å²) >= 11 is 0. The van der Waals surface area contributed by atoms with Gasteiger partial charge in [-0.3, -0.25) is 9.80 Å². The molecule has 1 aromatic rings. The van der Waals surface area contributed by atoms with E-state index in [9.17, 15) is 0 Å². The second-order valence-electron chi connectivity index (χ2n) is 5.80. The molecule has 0 bridgehead atoms. The van der Waals surface area contributed by atoms with Gasteiger partial charge in [-0.2, -0.15) is 0 Å². The summed E-state index contributed by atoms with van der Waals surface area (Å²) in [5.74, 6) is 0.927. The minimum Gasteiger partial charge on any atom is -0.497 e. The van der Waals surface area contributed by atoms with Crippen LogP contribution in [0, 0.1) is 0 Å². The number of hydrogen-bond donors (Lipinski definition) is 1. The maximum atomic E-state index is 5.72. The lowest BCUT2D eigenvalue weighted by Crippen LogP contribution is -2.50. The molecule has 1 fully saturated rings. The molecular weight excluding hydrogens is 262 g/mol. The average Bonchev–Trinajstić information content (AvgIpc) is 2.54. The first kappa shape index (κ1) is 16.3. The second kappa shape index (κ2) is 8.37. The molecule has 0 aromatic heterocycles. The van der Waals surface area contributed by atoms with Crippen molar-refractivity contribution in [3.05, 3.63) is 29.8 Å². The summed E-state index contributed by atoms with van der Waals surface area (Å²) in [5, 5.41) is 0. The average molecular weight is 291 g/mol. The van der Waals surface area contributed by atoms with Crippen molar-refractivity contribution in [2.45, 2.75) is 32.4 Å². The summed E-state index contributed by atoms with van der Waals surface area (Å²) in [5.41, 5.74) is 7.08. The molecule has 0 spiro atoms. The number of ether oxygens (including phenoxy) is 1. The first-order valence-corrected chi connectivity index (χ1v) is 8.06. The van der Waals surface area contributed by atoms with E-state index in [1.165, 1.54) is 12.0 Å². The summed E-state index contributed by atoms with van der Waals surface area (Å²) in [6, 6.07) is 9.07. The third-order valence-electron chi connectivity index (χ3n) is 4.46. The maximum Gasteiger partial charge on any atom is 0.118 e. The van der Waals surface area contributed by atoms with Crippen LogP contribution in [0.4, 0.5) is 0 Å². The molecule has 1 aromatic carbocycles. The fourth-order valence-electron chi connectivity index (χ4n) is 3.11. The van der Waals surface area contributed by atoms with Crippen LogP contribution in [0.2, 0.25) is 0 Å². The standard InChI is InChI=1S/C17H29N3O/c1-3-16(8-9-18)20-12-10-19(11-13-20)14-15-4-6-17(21-2)7-5-15/h4-7,16H,3,8-14,18H2,1-2H3. The molecule has 0 radical (unpaired) electrons. The van der Waals surface area contributed by atoms with Crippen molar-refractivity contribution >= 4 is 0 Å². The number of methoxy groups -OCH3 is 1. The monoisotopic (exact) mass is 291 g/mol. The number of benzene rings is 1. The van der Waals surface area contributed by atoms with E-state index in [-0.39, 0.29) is 0 Å². The summed E-state index contributed by atoms with van der Waals surface area (Å²) in [4.78, 5) is 5.14. The third-order valence-corrected chi connectivity index (χ3v) is 4.46. The normalized spacial score (nSPS) is 18.6. The Kier molecular flexibility index (Phi) is 6.49. The van der Waals surface area contributed by atoms with Gasteiger partial charge in [-0.15, -0.1) is 0 Å².